The minimum absolute atomic E-state index is 0.203. The number of nitrogens with one attached hydrogen (secondary N) is 2. The molecule has 5 rings (SSSR count). The van der Waals surface area contributed by atoms with Gasteiger partial charge >= 0.3 is 6.09 Å². The van der Waals surface area contributed by atoms with E-state index in [9.17, 15) is 10.1 Å². The zero-order chi connectivity index (χ0) is 29.0. The van der Waals surface area contributed by atoms with Crippen LogP contribution in [0.3, 0.4) is 0 Å². The summed E-state index contributed by atoms with van der Waals surface area (Å²) in [5.74, 6) is 1.41. The third-order valence-corrected chi connectivity index (χ3v) is 6.10. The Bertz CT molecular complexity index is 1690. The van der Waals surface area contributed by atoms with Crippen molar-refractivity contribution < 1.29 is 14.3 Å². The smallest absolute Gasteiger partial charge is 0.414 e. The molecule has 0 aliphatic rings. The van der Waals surface area contributed by atoms with Crippen LogP contribution < -0.4 is 10.1 Å². The van der Waals surface area contributed by atoms with Crippen LogP contribution in [-0.2, 0) is 11.3 Å². The standard InChI is InChI=1S/C31H29N7O3/c1-20-26(18-32)27(38(37-20)24-8-6-5-7-9-24)19-40-25-16-14-22(15-17-25)21-10-12-23(13-11-21)28-33-29(36-35-28)34-30(39)41-31(2,3)4/h5-17H,19H2,1-4H3,(H2,33,34,35,36,39). The third-order valence-electron chi connectivity index (χ3n) is 6.10. The average molecular weight is 548 g/mol. The van der Waals surface area contributed by atoms with Crippen molar-refractivity contribution in [1.29, 1.82) is 5.26 Å². The second-order valence-electron chi connectivity index (χ2n) is 10.3. The molecule has 0 spiro atoms. The number of nitriles is 1. The van der Waals surface area contributed by atoms with Crippen molar-refractivity contribution in [3.05, 3.63) is 95.8 Å². The zero-order valence-electron chi connectivity index (χ0n) is 23.2. The number of aromatic amines is 1. The van der Waals surface area contributed by atoms with E-state index in [1.165, 1.54) is 0 Å². The topological polar surface area (TPSA) is 131 Å². The summed E-state index contributed by atoms with van der Waals surface area (Å²) in [7, 11) is 0. The van der Waals surface area contributed by atoms with Crippen LogP contribution in [-0.4, -0.2) is 36.7 Å². The van der Waals surface area contributed by atoms with E-state index in [2.05, 4.69) is 31.7 Å². The molecule has 10 heteroatoms. The summed E-state index contributed by atoms with van der Waals surface area (Å²) in [5.41, 5.74) is 4.98. The summed E-state index contributed by atoms with van der Waals surface area (Å²) in [6.45, 7) is 7.39. The summed E-state index contributed by atoms with van der Waals surface area (Å²) in [6, 6.07) is 27.5. The van der Waals surface area contributed by atoms with Gasteiger partial charge in [-0.1, -0.05) is 54.6 Å². The van der Waals surface area contributed by atoms with E-state index >= 15 is 0 Å². The van der Waals surface area contributed by atoms with Gasteiger partial charge in [-0.25, -0.2) is 9.48 Å². The fourth-order valence-corrected chi connectivity index (χ4v) is 4.20. The van der Waals surface area contributed by atoms with Crippen molar-refractivity contribution in [1.82, 2.24) is 25.0 Å². The molecule has 5 aromatic rings. The quantitative estimate of drug-likeness (QED) is 0.240. The van der Waals surface area contributed by atoms with Crippen LogP contribution in [0.4, 0.5) is 10.7 Å². The van der Waals surface area contributed by atoms with Gasteiger partial charge in [-0.3, -0.25) is 5.32 Å². The highest BCUT2D eigenvalue weighted by molar-refractivity contribution is 5.82. The van der Waals surface area contributed by atoms with Gasteiger partial charge in [-0.15, -0.1) is 10.2 Å². The van der Waals surface area contributed by atoms with Gasteiger partial charge in [0.25, 0.3) is 0 Å². The minimum Gasteiger partial charge on any atom is -0.487 e. The lowest BCUT2D eigenvalue weighted by atomic mass is 10.0. The predicted octanol–water partition coefficient (Wildman–Crippen LogP) is 6.43. The Morgan fingerprint density at radius 1 is 0.951 bits per heavy atom. The Labute approximate surface area is 237 Å². The van der Waals surface area contributed by atoms with Crippen LogP contribution >= 0.6 is 0 Å². The van der Waals surface area contributed by atoms with Gasteiger partial charge in [0.1, 0.15) is 29.6 Å². The average Bonchev–Trinajstić information content (AvgIpc) is 3.55. The molecule has 206 valence electrons. The Hall–Kier alpha value is -5.43. The molecular formula is C31H29N7O3. The fraction of sp³-hybridized carbons (Fsp3) is 0.194. The first-order valence-corrected chi connectivity index (χ1v) is 13.0. The van der Waals surface area contributed by atoms with Gasteiger partial charge in [-0.05, 0) is 63.1 Å². The fourth-order valence-electron chi connectivity index (χ4n) is 4.20. The number of hydrogen-bond acceptors (Lipinski definition) is 7. The zero-order valence-corrected chi connectivity index (χ0v) is 23.2. The maximum Gasteiger partial charge on any atom is 0.414 e. The normalized spacial score (nSPS) is 11.1. The summed E-state index contributed by atoms with van der Waals surface area (Å²) in [5, 5.41) is 24.9. The summed E-state index contributed by atoms with van der Waals surface area (Å²) in [4.78, 5) is 15.0. The van der Waals surface area contributed by atoms with Crippen LogP contribution in [0.5, 0.6) is 5.75 Å². The lowest BCUT2D eigenvalue weighted by Gasteiger charge is -2.18. The van der Waals surface area contributed by atoms with Crippen LogP contribution in [0.1, 0.15) is 37.7 Å². The van der Waals surface area contributed by atoms with Crippen molar-refractivity contribution >= 4 is 12.0 Å². The van der Waals surface area contributed by atoms with E-state index in [0.717, 1.165) is 22.4 Å². The molecule has 0 atom stereocenters. The van der Waals surface area contributed by atoms with E-state index in [4.69, 9.17) is 9.47 Å². The molecule has 10 nitrogen and oxygen atoms in total. The van der Waals surface area contributed by atoms with Gasteiger partial charge in [0.15, 0.2) is 5.82 Å². The number of amides is 1. The molecule has 0 radical (unpaired) electrons. The summed E-state index contributed by atoms with van der Waals surface area (Å²) in [6.07, 6.45) is -0.606. The van der Waals surface area contributed by atoms with Crippen LogP contribution in [0.15, 0.2) is 78.9 Å². The number of aryl methyl sites for hydroxylation is 1. The second kappa shape index (κ2) is 11.4. The van der Waals surface area contributed by atoms with Crippen molar-refractivity contribution in [3.63, 3.8) is 0 Å². The highest BCUT2D eigenvalue weighted by atomic mass is 16.6. The number of anilines is 1. The Kier molecular flexibility index (Phi) is 7.52. The lowest BCUT2D eigenvalue weighted by Crippen LogP contribution is -2.27. The van der Waals surface area contributed by atoms with Gasteiger partial charge in [-0.2, -0.15) is 10.4 Å². The first kappa shape index (κ1) is 27.1. The molecule has 1 amide bonds. The van der Waals surface area contributed by atoms with E-state index < -0.39 is 11.7 Å². The Morgan fingerprint density at radius 2 is 1.59 bits per heavy atom. The minimum atomic E-state index is -0.612. The maximum absolute atomic E-state index is 12.0. The SMILES string of the molecule is Cc1nn(-c2ccccc2)c(COc2ccc(-c3ccc(-c4nnc(NC(=O)OC(C)(C)C)[nH]4)cc3)cc2)c1C#N. The van der Waals surface area contributed by atoms with Crippen LogP contribution in [0.25, 0.3) is 28.2 Å². The monoisotopic (exact) mass is 547 g/mol. The first-order chi connectivity index (χ1) is 19.7. The molecule has 3 aromatic carbocycles. The molecule has 2 aromatic heterocycles. The lowest BCUT2D eigenvalue weighted by molar-refractivity contribution is 0.0634. The number of H-pyrrole nitrogens is 1. The van der Waals surface area contributed by atoms with Gasteiger partial charge in [0.05, 0.1) is 17.1 Å². The van der Waals surface area contributed by atoms with E-state index in [-0.39, 0.29) is 12.6 Å². The Balaban J connectivity index is 1.24. The van der Waals surface area contributed by atoms with Gasteiger partial charge in [0.2, 0.25) is 5.95 Å². The highest BCUT2D eigenvalue weighted by Gasteiger charge is 2.18. The number of carbonyl (C=O) groups is 1. The van der Waals surface area contributed by atoms with E-state index in [0.29, 0.717) is 28.5 Å². The van der Waals surface area contributed by atoms with Crippen molar-refractivity contribution in [2.45, 2.75) is 39.9 Å². The number of ether oxygens (including phenoxy) is 2. The number of para-hydroxylation sites is 1. The highest BCUT2D eigenvalue weighted by Crippen LogP contribution is 2.27. The number of rotatable bonds is 7. The number of carbonyl (C=O) groups excluding carboxylic acids is 1. The number of benzene rings is 3. The second-order valence-corrected chi connectivity index (χ2v) is 10.3. The molecule has 2 N–H and O–H groups in total. The van der Waals surface area contributed by atoms with E-state index in [1.54, 1.807) is 25.5 Å². The Morgan fingerprint density at radius 3 is 2.22 bits per heavy atom. The molecule has 41 heavy (non-hydrogen) atoms. The first-order valence-electron chi connectivity index (χ1n) is 13.0. The summed E-state index contributed by atoms with van der Waals surface area (Å²) < 4.78 is 13.1. The molecule has 0 fully saturated rings. The van der Waals surface area contributed by atoms with Crippen molar-refractivity contribution in [2.24, 2.45) is 0 Å². The molecule has 0 bridgehead atoms. The number of nitrogens with zero attached hydrogens (tertiary/aromatic N) is 5. The molecule has 0 unspecified atom stereocenters. The molecule has 0 aliphatic heterocycles. The molecular weight excluding hydrogens is 518 g/mol. The molecule has 0 aliphatic carbocycles. The van der Waals surface area contributed by atoms with Gasteiger partial charge in [0, 0.05) is 5.56 Å². The van der Waals surface area contributed by atoms with Crippen LogP contribution in [0, 0.1) is 18.3 Å². The van der Waals surface area contributed by atoms with Crippen molar-refractivity contribution in [3.8, 4) is 40.0 Å². The number of hydrogen-bond donors (Lipinski definition) is 2. The third kappa shape index (κ3) is 6.42. The molecule has 2 heterocycles. The van der Waals surface area contributed by atoms with Crippen LogP contribution in [0.2, 0.25) is 0 Å². The number of aromatic nitrogens is 5. The maximum atomic E-state index is 12.0. The predicted molar refractivity (Wildman–Crippen MR) is 154 cm³/mol. The van der Waals surface area contributed by atoms with Gasteiger partial charge < -0.3 is 14.5 Å². The molecule has 0 saturated heterocycles. The largest absolute Gasteiger partial charge is 0.487 e. The summed E-state index contributed by atoms with van der Waals surface area (Å²) >= 11 is 0. The molecule has 0 saturated carbocycles. The van der Waals surface area contributed by atoms with Crippen molar-refractivity contribution in [2.75, 3.05) is 5.32 Å². The van der Waals surface area contributed by atoms with E-state index in [1.807, 2.05) is 85.8 Å².